The summed E-state index contributed by atoms with van der Waals surface area (Å²) in [6, 6.07) is 13.9. The van der Waals surface area contributed by atoms with Gasteiger partial charge in [-0.25, -0.2) is 0 Å². The monoisotopic (exact) mass is 374 g/mol. The smallest absolute Gasteiger partial charge is 0.254 e. The molecule has 0 saturated carbocycles. The SMILES string of the molecule is Cc1ccc2nc(C)c(C)c(C(=O)N3CC[C@](O)(c4ccccc4C)C3)c2c1. The van der Waals surface area contributed by atoms with Crippen LogP contribution >= 0.6 is 0 Å². The van der Waals surface area contributed by atoms with Gasteiger partial charge in [0.2, 0.25) is 0 Å². The van der Waals surface area contributed by atoms with Crippen molar-refractivity contribution in [2.45, 2.75) is 39.7 Å². The van der Waals surface area contributed by atoms with Crippen LogP contribution in [0.1, 0.15) is 44.7 Å². The minimum atomic E-state index is -0.997. The van der Waals surface area contributed by atoms with Gasteiger partial charge in [-0.3, -0.25) is 9.78 Å². The van der Waals surface area contributed by atoms with Crippen LogP contribution in [0, 0.1) is 27.7 Å². The van der Waals surface area contributed by atoms with Crippen molar-refractivity contribution in [3.05, 3.63) is 76.0 Å². The number of aromatic nitrogens is 1. The zero-order chi connectivity index (χ0) is 20.1. The minimum absolute atomic E-state index is 0.0249. The fourth-order valence-electron chi connectivity index (χ4n) is 4.31. The Morgan fingerprint density at radius 3 is 2.61 bits per heavy atom. The Hall–Kier alpha value is -2.72. The number of β-amino-alcohol motifs (C(OH)–C–C–N with tert-alkyl or cyclic N) is 1. The van der Waals surface area contributed by atoms with E-state index in [1.165, 1.54) is 0 Å². The number of aryl methyl sites for hydroxylation is 3. The lowest BCUT2D eigenvalue weighted by Gasteiger charge is -2.26. The molecule has 4 heteroatoms. The molecule has 2 heterocycles. The second-order valence-electron chi connectivity index (χ2n) is 8.04. The van der Waals surface area contributed by atoms with Gasteiger partial charge in [-0.05, 0) is 62.9 Å². The Balaban J connectivity index is 1.74. The van der Waals surface area contributed by atoms with Crippen LogP contribution in [0.2, 0.25) is 0 Å². The summed E-state index contributed by atoms with van der Waals surface area (Å²) >= 11 is 0. The summed E-state index contributed by atoms with van der Waals surface area (Å²) in [6.45, 7) is 8.78. The number of aliphatic hydroxyl groups is 1. The molecule has 4 nitrogen and oxygen atoms in total. The van der Waals surface area contributed by atoms with Crippen molar-refractivity contribution in [2.75, 3.05) is 13.1 Å². The third-order valence-electron chi connectivity index (χ3n) is 6.02. The van der Waals surface area contributed by atoms with Gasteiger partial charge in [0.05, 0.1) is 17.6 Å². The molecule has 0 aliphatic carbocycles. The second kappa shape index (κ2) is 6.71. The van der Waals surface area contributed by atoms with E-state index in [0.717, 1.165) is 38.9 Å². The van der Waals surface area contributed by atoms with Gasteiger partial charge in [-0.1, -0.05) is 35.9 Å². The molecular weight excluding hydrogens is 348 g/mol. The predicted octanol–water partition coefficient (Wildman–Crippen LogP) is 4.20. The van der Waals surface area contributed by atoms with E-state index in [2.05, 4.69) is 4.98 Å². The average molecular weight is 374 g/mol. The maximum atomic E-state index is 13.5. The largest absolute Gasteiger partial charge is 0.383 e. The topological polar surface area (TPSA) is 53.4 Å². The molecule has 1 aromatic heterocycles. The Labute approximate surface area is 165 Å². The molecule has 0 spiro atoms. The van der Waals surface area contributed by atoms with Crippen LogP contribution in [0.25, 0.3) is 10.9 Å². The highest BCUT2D eigenvalue weighted by Gasteiger charge is 2.41. The number of carbonyl (C=O) groups is 1. The summed E-state index contributed by atoms with van der Waals surface area (Å²) in [5, 5.41) is 12.2. The Bertz CT molecular complexity index is 1090. The molecule has 4 rings (SSSR count). The zero-order valence-corrected chi connectivity index (χ0v) is 16.9. The van der Waals surface area contributed by atoms with Crippen LogP contribution in [0.15, 0.2) is 42.5 Å². The highest BCUT2D eigenvalue weighted by molar-refractivity contribution is 6.07. The quantitative estimate of drug-likeness (QED) is 0.731. The lowest BCUT2D eigenvalue weighted by molar-refractivity contribution is 0.0413. The first-order chi connectivity index (χ1) is 13.3. The molecule has 1 aliphatic heterocycles. The van der Waals surface area contributed by atoms with Gasteiger partial charge in [0.25, 0.3) is 5.91 Å². The van der Waals surface area contributed by atoms with Gasteiger partial charge in [0.1, 0.15) is 5.60 Å². The number of fused-ring (bicyclic) bond motifs is 1. The van der Waals surface area contributed by atoms with E-state index < -0.39 is 5.60 Å². The molecule has 1 fully saturated rings. The van der Waals surface area contributed by atoms with E-state index in [1.807, 2.05) is 70.2 Å². The van der Waals surface area contributed by atoms with Crippen molar-refractivity contribution < 1.29 is 9.90 Å². The number of likely N-dealkylation sites (tertiary alicyclic amines) is 1. The molecule has 1 amide bonds. The van der Waals surface area contributed by atoms with Crippen LogP contribution in [-0.4, -0.2) is 34.0 Å². The lowest BCUT2D eigenvalue weighted by atomic mass is 9.89. The van der Waals surface area contributed by atoms with Gasteiger partial charge in [0.15, 0.2) is 0 Å². The van der Waals surface area contributed by atoms with E-state index in [4.69, 9.17) is 0 Å². The van der Waals surface area contributed by atoms with Gasteiger partial charge in [-0.2, -0.15) is 0 Å². The number of hydrogen-bond acceptors (Lipinski definition) is 3. The van der Waals surface area contributed by atoms with E-state index in [0.29, 0.717) is 25.1 Å². The molecule has 144 valence electrons. The molecule has 1 N–H and O–H groups in total. The average Bonchev–Trinajstić information content (AvgIpc) is 3.06. The molecule has 0 unspecified atom stereocenters. The molecule has 1 aliphatic rings. The van der Waals surface area contributed by atoms with Crippen molar-refractivity contribution in [3.63, 3.8) is 0 Å². The van der Waals surface area contributed by atoms with Crippen LogP contribution in [0.5, 0.6) is 0 Å². The van der Waals surface area contributed by atoms with Crippen LogP contribution in [-0.2, 0) is 5.60 Å². The minimum Gasteiger partial charge on any atom is -0.383 e. The predicted molar refractivity (Wildman–Crippen MR) is 112 cm³/mol. The maximum absolute atomic E-state index is 13.5. The normalized spacial score (nSPS) is 19.4. The second-order valence-corrected chi connectivity index (χ2v) is 8.04. The molecule has 2 aromatic carbocycles. The van der Waals surface area contributed by atoms with Gasteiger partial charge < -0.3 is 10.0 Å². The highest BCUT2D eigenvalue weighted by Crippen LogP contribution is 2.35. The third-order valence-corrected chi connectivity index (χ3v) is 6.02. The fourth-order valence-corrected chi connectivity index (χ4v) is 4.31. The molecule has 1 saturated heterocycles. The summed E-state index contributed by atoms with van der Waals surface area (Å²) in [5.41, 5.74) is 5.39. The summed E-state index contributed by atoms with van der Waals surface area (Å²) in [6.07, 6.45) is 0.545. The van der Waals surface area contributed by atoms with Crippen molar-refractivity contribution in [1.82, 2.24) is 9.88 Å². The Kier molecular flexibility index (Phi) is 4.47. The highest BCUT2D eigenvalue weighted by atomic mass is 16.3. The van der Waals surface area contributed by atoms with E-state index >= 15 is 0 Å². The number of amides is 1. The summed E-state index contributed by atoms with van der Waals surface area (Å²) < 4.78 is 0. The van der Waals surface area contributed by atoms with E-state index in [9.17, 15) is 9.90 Å². The van der Waals surface area contributed by atoms with Gasteiger partial charge in [0, 0.05) is 17.6 Å². The summed E-state index contributed by atoms with van der Waals surface area (Å²) in [5.74, 6) is -0.0249. The Morgan fingerprint density at radius 2 is 1.86 bits per heavy atom. The Morgan fingerprint density at radius 1 is 1.11 bits per heavy atom. The first kappa shape index (κ1) is 18.6. The van der Waals surface area contributed by atoms with Crippen molar-refractivity contribution in [1.29, 1.82) is 0 Å². The zero-order valence-electron chi connectivity index (χ0n) is 16.9. The first-order valence-electron chi connectivity index (χ1n) is 9.75. The molecule has 0 bridgehead atoms. The number of pyridine rings is 1. The summed E-state index contributed by atoms with van der Waals surface area (Å²) in [7, 11) is 0. The number of nitrogens with zero attached hydrogens (tertiary/aromatic N) is 2. The standard InChI is InChI=1S/C24H26N2O2/c1-15-9-10-21-19(13-15)22(17(3)18(4)25-21)23(27)26-12-11-24(28,14-26)20-8-6-5-7-16(20)2/h5-10,13,28H,11-12,14H2,1-4H3/t24-/m1/s1. The number of carbonyl (C=O) groups excluding carboxylic acids is 1. The molecular formula is C24H26N2O2. The third kappa shape index (κ3) is 2.98. The van der Waals surface area contributed by atoms with Crippen molar-refractivity contribution >= 4 is 16.8 Å². The molecule has 0 radical (unpaired) electrons. The van der Waals surface area contributed by atoms with E-state index in [-0.39, 0.29) is 5.91 Å². The van der Waals surface area contributed by atoms with Gasteiger partial charge in [-0.15, -0.1) is 0 Å². The number of benzene rings is 2. The summed E-state index contributed by atoms with van der Waals surface area (Å²) in [4.78, 5) is 20.0. The van der Waals surface area contributed by atoms with Crippen LogP contribution in [0.3, 0.4) is 0 Å². The van der Waals surface area contributed by atoms with Crippen molar-refractivity contribution in [2.24, 2.45) is 0 Å². The van der Waals surface area contributed by atoms with Crippen LogP contribution in [0.4, 0.5) is 0 Å². The number of rotatable bonds is 2. The molecule has 3 aromatic rings. The van der Waals surface area contributed by atoms with Crippen LogP contribution < -0.4 is 0 Å². The maximum Gasteiger partial charge on any atom is 0.254 e. The molecule has 28 heavy (non-hydrogen) atoms. The van der Waals surface area contributed by atoms with Crippen molar-refractivity contribution in [3.8, 4) is 0 Å². The lowest BCUT2D eigenvalue weighted by Crippen LogP contribution is -2.35. The number of hydrogen-bond donors (Lipinski definition) is 1. The van der Waals surface area contributed by atoms with Gasteiger partial charge >= 0.3 is 0 Å². The molecule has 1 atom stereocenters. The fraction of sp³-hybridized carbons (Fsp3) is 0.333. The van der Waals surface area contributed by atoms with E-state index in [1.54, 1.807) is 4.90 Å². The first-order valence-corrected chi connectivity index (χ1v) is 9.75.